The number of carbonyl (C=O) groups excluding carboxylic acids is 1. The first kappa shape index (κ1) is 14.2. The molecule has 0 aliphatic rings. The van der Waals surface area contributed by atoms with Gasteiger partial charge in [-0.25, -0.2) is 0 Å². The lowest BCUT2D eigenvalue weighted by Gasteiger charge is -1.95. The zero-order chi connectivity index (χ0) is 15.4. The molecule has 0 N–H and O–H groups in total. The normalized spacial score (nSPS) is 11.0. The lowest BCUT2D eigenvalue weighted by Crippen LogP contribution is -2.02. The Kier molecular flexibility index (Phi) is 4.07. The summed E-state index contributed by atoms with van der Waals surface area (Å²) in [6.07, 6.45) is 2.85. The van der Waals surface area contributed by atoms with Gasteiger partial charge < -0.3 is 0 Å². The number of hydrogen-bond acceptors (Lipinski definition) is 4. The van der Waals surface area contributed by atoms with Gasteiger partial charge in [0.2, 0.25) is 5.78 Å². The van der Waals surface area contributed by atoms with Crippen molar-refractivity contribution in [2.24, 2.45) is 5.10 Å². The van der Waals surface area contributed by atoms with E-state index in [1.54, 1.807) is 30.5 Å². The molecular weight excluding hydrogens is 300 g/mol. The van der Waals surface area contributed by atoms with Crippen LogP contribution in [0.3, 0.4) is 0 Å². The molecule has 0 unspecified atom stereocenters. The molecule has 6 heteroatoms. The highest BCUT2D eigenvalue weighted by Crippen LogP contribution is 2.14. The van der Waals surface area contributed by atoms with Crippen molar-refractivity contribution in [3.63, 3.8) is 0 Å². The molecule has 0 spiro atoms. The third-order valence-electron chi connectivity index (χ3n) is 2.97. The van der Waals surface area contributed by atoms with Gasteiger partial charge in [0.15, 0.2) is 0 Å². The highest BCUT2D eigenvalue weighted by Gasteiger charge is 2.04. The van der Waals surface area contributed by atoms with Crippen LogP contribution >= 0.6 is 11.6 Å². The molecule has 22 heavy (non-hydrogen) atoms. The van der Waals surface area contributed by atoms with Crippen molar-refractivity contribution in [1.29, 1.82) is 0 Å². The lowest BCUT2D eigenvalue weighted by atomic mass is 10.1. The predicted molar refractivity (Wildman–Crippen MR) is 85.1 cm³/mol. The molecular formula is C16H11ClN4O. The minimum absolute atomic E-state index is 0.228. The molecule has 3 rings (SSSR count). The first-order valence-corrected chi connectivity index (χ1v) is 6.92. The summed E-state index contributed by atoms with van der Waals surface area (Å²) in [6.45, 7) is 0. The molecule has 0 bridgehead atoms. The fourth-order valence-corrected chi connectivity index (χ4v) is 1.98. The maximum Gasteiger partial charge on any atom is 0.205 e. The number of ketones is 1. The molecule has 3 aromatic rings. The summed E-state index contributed by atoms with van der Waals surface area (Å²) in [6, 6.07) is 16.2. The van der Waals surface area contributed by atoms with E-state index in [9.17, 15) is 4.79 Å². The van der Waals surface area contributed by atoms with E-state index in [-0.39, 0.29) is 5.78 Å². The number of benzene rings is 2. The molecule has 0 aliphatic heterocycles. The minimum Gasteiger partial charge on any atom is -0.287 e. The predicted octanol–water partition coefficient (Wildman–Crippen LogP) is 3.32. The number of rotatable bonds is 4. The largest absolute Gasteiger partial charge is 0.287 e. The van der Waals surface area contributed by atoms with Gasteiger partial charge in [-0.3, -0.25) is 4.79 Å². The van der Waals surface area contributed by atoms with E-state index in [0.29, 0.717) is 16.3 Å². The Morgan fingerprint density at radius 3 is 2.55 bits per heavy atom. The summed E-state index contributed by atoms with van der Waals surface area (Å²) in [4.78, 5) is 13.2. The number of Topliss-reactive ketones (excluding diaryl/α,β-unsaturated/α-hetero) is 1. The topological polar surface area (TPSA) is 60.1 Å². The van der Waals surface area contributed by atoms with Crippen molar-refractivity contribution >= 4 is 23.6 Å². The summed E-state index contributed by atoms with van der Waals surface area (Å²) in [7, 11) is 0. The third-order valence-corrected chi connectivity index (χ3v) is 3.23. The second-order valence-electron chi connectivity index (χ2n) is 4.51. The van der Waals surface area contributed by atoms with Crippen molar-refractivity contribution in [3.8, 4) is 11.3 Å². The fraction of sp³-hybridized carbons (Fsp3) is 0. The zero-order valence-corrected chi connectivity index (χ0v) is 12.2. The highest BCUT2D eigenvalue weighted by atomic mass is 35.5. The number of hydrogen-bond donors (Lipinski definition) is 0. The van der Waals surface area contributed by atoms with E-state index in [4.69, 9.17) is 11.6 Å². The Morgan fingerprint density at radius 1 is 1.09 bits per heavy atom. The molecule has 0 amide bonds. The van der Waals surface area contributed by atoms with Crippen LogP contribution in [0.5, 0.6) is 0 Å². The van der Waals surface area contributed by atoms with Gasteiger partial charge >= 0.3 is 0 Å². The van der Waals surface area contributed by atoms with Gasteiger partial charge in [-0.1, -0.05) is 41.9 Å². The highest BCUT2D eigenvalue weighted by molar-refractivity contribution is 6.35. The van der Waals surface area contributed by atoms with Gasteiger partial charge in [-0.05, 0) is 29.5 Å². The number of halogens is 1. The van der Waals surface area contributed by atoms with Crippen LogP contribution in [0.15, 0.2) is 65.9 Å². The quantitative estimate of drug-likeness (QED) is 0.548. The third kappa shape index (κ3) is 3.27. The Labute approximate surface area is 131 Å². The van der Waals surface area contributed by atoms with Crippen LogP contribution < -0.4 is 0 Å². The first-order chi connectivity index (χ1) is 10.7. The van der Waals surface area contributed by atoms with E-state index in [1.807, 2.05) is 30.3 Å². The number of aromatic nitrogens is 3. The van der Waals surface area contributed by atoms with Crippen molar-refractivity contribution in [2.75, 3.05) is 0 Å². The molecule has 5 nitrogen and oxygen atoms in total. The van der Waals surface area contributed by atoms with Crippen LogP contribution in [0.1, 0.15) is 10.4 Å². The SMILES string of the molecule is O=C(/C=N/n1cc(-c2ccccc2)nn1)c1ccc(Cl)cc1. The molecule has 0 aliphatic carbocycles. The second-order valence-corrected chi connectivity index (χ2v) is 4.94. The van der Waals surface area contributed by atoms with Crippen LogP contribution in [0.25, 0.3) is 11.3 Å². The maximum atomic E-state index is 12.0. The number of carbonyl (C=O) groups is 1. The summed E-state index contributed by atoms with van der Waals surface area (Å²) >= 11 is 5.78. The molecule has 0 saturated carbocycles. The van der Waals surface area contributed by atoms with Gasteiger partial charge in [0.05, 0.1) is 12.4 Å². The Morgan fingerprint density at radius 2 is 1.82 bits per heavy atom. The van der Waals surface area contributed by atoms with Crippen LogP contribution in [0, 0.1) is 0 Å². The van der Waals surface area contributed by atoms with Crippen molar-refractivity contribution in [2.45, 2.75) is 0 Å². The van der Waals surface area contributed by atoms with E-state index in [2.05, 4.69) is 15.4 Å². The van der Waals surface area contributed by atoms with E-state index in [0.717, 1.165) is 5.56 Å². The second kappa shape index (κ2) is 6.32. The molecule has 108 valence electrons. The zero-order valence-electron chi connectivity index (χ0n) is 11.4. The molecule has 0 fully saturated rings. The monoisotopic (exact) mass is 310 g/mol. The molecule has 0 atom stereocenters. The van der Waals surface area contributed by atoms with Crippen LogP contribution in [0.2, 0.25) is 5.02 Å². The molecule has 1 heterocycles. The first-order valence-electron chi connectivity index (χ1n) is 6.54. The van der Waals surface area contributed by atoms with E-state index >= 15 is 0 Å². The summed E-state index contributed by atoms with van der Waals surface area (Å²) in [5, 5.41) is 12.5. The maximum absolute atomic E-state index is 12.0. The average Bonchev–Trinajstić information content (AvgIpc) is 3.03. The van der Waals surface area contributed by atoms with Gasteiger partial charge in [0, 0.05) is 16.1 Å². The lowest BCUT2D eigenvalue weighted by molar-refractivity contribution is 0.107. The minimum atomic E-state index is -0.228. The van der Waals surface area contributed by atoms with Crippen LogP contribution in [-0.4, -0.2) is 27.1 Å². The Balaban J connectivity index is 1.75. The van der Waals surface area contributed by atoms with Crippen molar-refractivity contribution in [3.05, 3.63) is 71.4 Å². The van der Waals surface area contributed by atoms with Crippen molar-refractivity contribution in [1.82, 2.24) is 15.1 Å². The molecule has 0 radical (unpaired) electrons. The number of nitrogens with zero attached hydrogens (tertiary/aromatic N) is 4. The van der Waals surface area contributed by atoms with Crippen molar-refractivity contribution < 1.29 is 4.79 Å². The van der Waals surface area contributed by atoms with E-state index in [1.165, 1.54) is 11.0 Å². The standard InChI is InChI=1S/C16H11ClN4O/c17-14-8-6-13(7-9-14)16(22)10-18-21-11-15(19-20-21)12-4-2-1-3-5-12/h1-11H/b18-10+. The molecule has 2 aromatic carbocycles. The van der Waals surface area contributed by atoms with Crippen LogP contribution in [0.4, 0.5) is 0 Å². The molecule has 0 saturated heterocycles. The van der Waals surface area contributed by atoms with Gasteiger partial charge in [-0.2, -0.15) is 5.10 Å². The Hall–Kier alpha value is -2.79. The summed E-state index contributed by atoms with van der Waals surface area (Å²) < 4.78 is 0. The van der Waals surface area contributed by atoms with Gasteiger partial charge in [0.1, 0.15) is 5.69 Å². The van der Waals surface area contributed by atoms with E-state index < -0.39 is 0 Å². The van der Waals surface area contributed by atoms with Gasteiger partial charge in [-0.15, -0.1) is 9.89 Å². The summed E-state index contributed by atoms with van der Waals surface area (Å²) in [5.41, 5.74) is 2.14. The average molecular weight is 311 g/mol. The smallest absolute Gasteiger partial charge is 0.205 e. The Bertz CT molecular complexity index is 810. The van der Waals surface area contributed by atoms with Crippen LogP contribution in [-0.2, 0) is 0 Å². The fourth-order valence-electron chi connectivity index (χ4n) is 1.85. The van der Waals surface area contributed by atoms with Gasteiger partial charge in [0.25, 0.3) is 0 Å². The molecule has 1 aromatic heterocycles. The summed E-state index contributed by atoms with van der Waals surface area (Å²) in [5.74, 6) is -0.228.